The molecule has 3 amide bonds. The number of nitrogens with zero attached hydrogens (tertiary/aromatic N) is 3. The van der Waals surface area contributed by atoms with E-state index < -0.39 is 53.6 Å². The second-order valence-corrected chi connectivity index (χ2v) is 11.5. The molecule has 2 aliphatic rings. The van der Waals surface area contributed by atoms with Gasteiger partial charge in [0.25, 0.3) is 0 Å². The molecule has 0 saturated carbocycles. The van der Waals surface area contributed by atoms with Crippen molar-refractivity contribution in [1.82, 2.24) is 14.7 Å². The third-order valence-corrected chi connectivity index (χ3v) is 8.56. The molecule has 0 unspecified atom stereocenters. The van der Waals surface area contributed by atoms with Gasteiger partial charge in [0.15, 0.2) is 0 Å². The Balaban J connectivity index is 1.72. The van der Waals surface area contributed by atoms with Gasteiger partial charge >= 0.3 is 18.4 Å². The molecule has 43 heavy (non-hydrogen) atoms. The Labute approximate surface area is 245 Å². The highest BCUT2D eigenvalue weighted by Gasteiger charge is 2.56. The lowest BCUT2D eigenvalue weighted by Crippen LogP contribution is -2.57. The first kappa shape index (κ1) is 32.6. The fraction of sp³-hybridized carbons (Fsp3) is 0.533. The van der Waals surface area contributed by atoms with E-state index in [1.165, 1.54) is 11.9 Å². The van der Waals surface area contributed by atoms with E-state index in [0.29, 0.717) is 12.1 Å². The van der Waals surface area contributed by atoms with Crippen molar-refractivity contribution in [1.29, 1.82) is 0 Å². The van der Waals surface area contributed by atoms with Crippen molar-refractivity contribution in [3.8, 4) is 0 Å². The normalized spacial score (nSPS) is 20.4. The average Bonchev–Trinajstić information content (AvgIpc) is 3.18. The predicted molar refractivity (Wildman–Crippen MR) is 145 cm³/mol. The Bertz CT molecular complexity index is 1320. The second kappa shape index (κ2) is 12.0. The Morgan fingerprint density at radius 2 is 1.53 bits per heavy atom. The maximum Gasteiger partial charge on any atom is 0.416 e. The number of aryl methyl sites for hydroxylation is 2. The van der Waals surface area contributed by atoms with Crippen LogP contribution in [0.25, 0.3) is 0 Å². The molecule has 2 fully saturated rings. The Kier molecular flexibility index (Phi) is 9.09. The molecule has 13 heteroatoms. The van der Waals surface area contributed by atoms with Crippen LogP contribution in [0.3, 0.4) is 0 Å². The van der Waals surface area contributed by atoms with Crippen LogP contribution in [0.2, 0.25) is 0 Å². The summed E-state index contributed by atoms with van der Waals surface area (Å²) in [7, 11) is 1.31. The predicted octanol–water partition coefficient (Wildman–Crippen LogP) is 5.30. The van der Waals surface area contributed by atoms with Gasteiger partial charge in [-0.3, -0.25) is 4.79 Å². The first-order chi connectivity index (χ1) is 20.0. The monoisotopic (exact) mass is 615 g/mol. The van der Waals surface area contributed by atoms with Crippen molar-refractivity contribution < 1.29 is 46.1 Å². The van der Waals surface area contributed by atoms with Crippen molar-refractivity contribution in [3.05, 3.63) is 69.8 Å². The number of urea groups is 1. The molecule has 0 bridgehead atoms. The Morgan fingerprint density at radius 3 is 2.05 bits per heavy atom. The number of aliphatic hydroxyl groups is 2. The summed E-state index contributed by atoms with van der Waals surface area (Å²) in [5, 5.41) is 19.5. The van der Waals surface area contributed by atoms with Crippen LogP contribution in [0.5, 0.6) is 0 Å². The highest BCUT2D eigenvalue weighted by molar-refractivity contribution is 5.86. The lowest BCUT2D eigenvalue weighted by Gasteiger charge is -2.46. The molecule has 2 aromatic carbocycles. The SMILES string of the molecule is Cc1ccc([C@H]2[C@@H]3CC(CCO)(CCO)C(=O)N3CCN2C(=O)N(C)Cc2cc(C(F)(F)F)cc(C(F)(F)F)c2)c(C)c1. The molecule has 2 saturated heterocycles. The third kappa shape index (κ3) is 6.47. The van der Waals surface area contributed by atoms with Gasteiger partial charge in [0.05, 0.1) is 28.6 Å². The average molecular weight is 616 g/mol. The molecule has 2 heterocycles. The first-order valence-electron chi connectivity index (χ1n) is 13.9. The third-order valence-electron chi connectivity index (χ3n) is 8.56. The van der Waals surface area contributed by atoms with E-state index in [0.717, 1.165) is 21.6 Å². The number of rotatable bonds is 7. The van der Waals surface area contributed by atoms with Gasteiger partial charge in [0.2, 0.25) is 5.91 Å². The van der Waals surface area contributed by atoms with E-state index in [1.54, 1.807) is 4.90 Å². The molecular formula is C30H35F6N3O4. The van der Waals surface area contributed by atoms with E-state index >= 15 is 0 Å². The lowest BCUT2D eigenvalue weighted by molar-refractivity contribution is -0.143. The number of aliphatic hydroxyl groups excluding tert-OH is 2. The van der Waals surface area contributed by atoms with Crippen LogP contribution in [-0.4, -0.2) is 76.2 Å². The minimum Gasteiger partial charge on any atom is -0.396 e. The zero-order valence-electron chi connectivity index (χ0n) is 24.1. The molecular weight excluding hydrogens is 580 g/mol. The second-order valence-electron chi connectivity index (χ2n) is 11.5. The largest absolute Gasteiger partial charge is 0.416 e. The number of carbonyl (C=O) groups is 2. The number of alkyl halides is 6. The minimum absolute atomic E-state index is 0.0445. The van der Waals surface area contributed by atoms with Crippen molar-refractivity contribution in [2.75, 3.05) is 33.4 Å². The summed E-state index contributed by atoms with van der Waals surface area (Å²) in [5.74, 6) is -0.223. The summed E-state index contributed by atoms with van der Waals surface area (Å²) in [6.45, 7) is 2.90. The summed E-state index contributed by atoms with van der Waals surface area (Å²) < 4.78 is 80.6. The topological polar surface area (TPSA) is 84.3 Å². The van der Waals surface area contributed by atoms with E-state index in [-0.39, 0.29) is 63.1 Å². The van der Waals surface area contributed by atoms with E-state index in [1.807, 2.05) is 32.0 Å². The summed E-state index contributed by atoms with van der Waals surface area (Å²) in [4.78, 5) is 31.8. The van der Waals surface area contributed by atoms with Crippen molar-refractivity contribution in [3.63, 3.8) is 0 Å². The van der Waals surface area contributed by atoms with Gasteiger partial charge in [-0.15, -0.1) is 0 Å². The van der Waals surface area contributed by atoms with Gasteiger partial charge < -0.3 is 24.9 Å². The van der Waals surface area contributed by atoms with Crippen LogP contribution in [0.1, 0.15) is 58.7 Å². The van der Waals surface area contributed by atoms with Crippen molar-refractivity contribution >= 4 is 11.9 Å². The highest BCUT2D eigenvalue weighted by atomic mass is 19.4. The molecule has 0 spiro atoms. The molecule has 2 atom stereocenters. The maximum atomic E-state index is 13.9. The van der Waals surface area contributed by atoms with Gasteiger partial charge in [-0.2, -0.15) is 26.3 Å². The van der Waals surface area contributed by atoms with E-state index in [4.69, 9.17) is 0 Å². The Morgan fingerprint density at radius 1 is 0.953 bits per heavy atom. The van der Waals surface area contributed by atoms with Gasteiger partial charge in [-0.05, 0) is 68.0 Å². The summed E-state index contributed by atoms with van der Waals surface area (Å²) in [5.41, 5.74) is -1.73. The number of hydrogen-bond acceptors (Lipinski definition) is 4. The van der Waals surface area contributed by atoms with Crippen LogP contribution in [0, 0.1) is 19.3 Å². The van der Waals surface area contributed by atoms with Crippen LogP contribution in [0.15, 0.2) is 36.4 Å². The van der Waals surface area contributed by atoms with Gasteiger partial charge in [-0.25, -0.2) is 4.79 Å². The van der Waals surface area contributed by atoms with Crippen LogP contribution >= 0.6 is 0 Å². The molecule has 0 aliphatic carbocycles. The highest BCUT2D eigenvalue weighted by Crippen LogP contribution is 2.49. The quantitative estimate of drug-likeness (QED) is 0.414. The molecule has 4 rings (SSSR count). The fourth-order valence-corrected chi connectivity index (χ4v) is 6.55. The van der Waals surface area contributed by atoms with E-state index in [9.17, 15) is 46.1 Å². The maximum absolute atomic E-state index is 13.9. The first-order valence-corrected chi connectivity index (χ1v) is 13.9. The van der Waals surface area contributed by atoms with Gasteiger partial charge in [0.1, 0.15) is 0 Å². The minimum atomic E-state index is -5.02. The standard InChI is InChI=1S/C30H35F6N3O4/c1-18-4-5-23(19(2)12-18)25-24-16-28(6-10-40,7-11-41)26(42)38(24)8-9-39(25)27(43)37(3)17-20-13-21(29(31,32)33)15-22(14-20)30(34,35)36/h4-5,12-15,24-25,40-41H,6-11,16-17H2,1-3H3/t24-,25-/m0/s1. The van der Waals surface area contributed by atoms with Crippen molar-refractivity contribution in [2.24, 2.45) is 5.41 Å². The van der Waals surface area contributed by atoms with Gasteiger partial charge in [0, 0.05) is 39.9 Å². The number of amides is 3. The van der Waals surface area contributed by atoms with Crippen LogP contribution < -0.4 is 0 Å². The molecule has 2 N–H and O–H groups in total. The lowest BCUT2D eigenvalue weighted by atomic mass is 9.77. The number of hydrogen-bond donors (Lipinski definition) is 2. The van der Waals surface area contributed by atoms with E-state index in [2.05, 4.69) is 0 Å². The zero-order chi connectivity index (χ0) is 31.9. The van der Waals surface area contributed by atoms with Crippen LogP contribution in [-0.2, 0) is 23.7 Å². The number of halogens is 6. The summed E-state index contributed by atoms with van der Waals surface area (Å²) in [6.07, 6.45) is -9.53. The summed E-state index contributed by atoms with van der Waals surface area (Å²) >= 11 is 0. The van der Waals surface area contributed by atoms with Crippen LogP contribution in [0.4, 0.5) is 31.1 Å². The Hall–Kier alpha value is -3.32. The van der Waals surface area contributed by atoms with Gasteiger partial charge in [-0.1, -0.05) is 23.8 Å². The smallest absolute Gasteiger partial charge is 0.396 e. The molecule has 236 valence electrons. The number of piperazine rings is 1. The zero-order valence-corrected chi connectivity index (χ0v) is 24.1. The molecule has 0 radical (unpaired) electrons. The number of carbonyl (C=O) groups excluding carboxylic acids is 2. The molecule has 2 aliphatic heterocycles. The number of fused-ring (bicyclic) bond motifs is 1. The van der Waals surface area contributed by atoms with Crippen molar-refractivity contribution in [2.45, 2.75) is 64.1 Å². The number of benzene rings is 2. The molecule has 2 aromatic rings. The summed E-state index contributed by atoms with van der Waals surface area (Å²) in [6, 6.07) is 5.06. The fourth-order valence-electron chi connectivity index (χ4n) is 6.55. The molecule has 7 nitrogen and oxygen atoms in total. The molecule has 0 aromatic heterocycles.